The van der Waals surface area contributed by atoms with E-state index in [2.05, 4.69) is 52.0 Å². The fourth-order valence-corrected chi connectivity index (χ4v) is 2.00. The van der Waals surface area contributed by atoms with Crippen LogP contribution >= 0.6 is 0 Å². The van der Waals surface area contributed by atoms with Crippen LogP contribution in [0.2, 0.25) is 0 Å². The van der Waals surface area contributed by atoms with Gasteiger partial charge in [0, 0.05) is 12.1 Å². The Kier molecular flexibility index (Phi) is 4.55. The van der Waals surface area contributed by atoms with Crippen LogP contribution in [0.1, 0.15) is 34.1 Å². The molecule has 1 N–H and O–H groups in total. The fraction of sp³-hybridized carbons (Fsp3) is 0.923. The summed E-state index contributed by atoms with van der Waals surface area (Å²) in [6.45, 7) is 10.00. The van der Waals surface area contributed by atoms with Gasteiger partial charge >= 0.3 is 0 Å². The summed E-state index contributed by atoms with van der Waals surface area (Å²) in [6, 6.07) is 0. The number of carbonyl (C=O) groups is 1. The SMILES string of the molecule is CC(C)CC1NCC(=O)N1CC(C)(C)N(C)C. The van der Waals surface area contributed by atoms with Gasteiger partial charge in [0.2, 0.25) is 5.91 Å². The molecule has 0 aromatic rings. The monoisotopic (exact) mass is 241 g/mol. The van der Waals surface area contributed by atoms with Crippen molar-refractivity contribution in [2.24, 2.45) is 5.92 Å². The molecule has 0 bridgehead atoms. The molecule has 4 heteroatoms. The summed E-state index contributed by atoms with van der Waals surface area (Å²) >= 11 is 0. The van der Waals surface area contributed by atoms with Gasteiger partial charge in [-0.1, -0.05) is 13.8 Å². The van der Waals surface area contributed by atoms with E-state index in [1.807, 2.05) is 4.90 Å². The Bertz CT molecular complexity index is 274. The quantitative estimate of drug-likeness (QED) is 0.784. The Labute approximate surface area is 105 Å². The molecule has 0 saturated carbocycles. The van der Waals surface area contributed by atoms with E-state index in [-0.39, 0.29) is 17.6 Å². The van der Waals surface area contributed by atoms with Gasteiger partial charge in [-0.15, -0.1) is 0 Å². The summed E-state index contributed by atoms with van der Waals surface area (Å²) in [4.78, 5) is 16.1. The van der Waals surface area contributed by atoms with Crippen molar-refractivity contribution in [2.75, 3.05) is 27.2 Å². The molecule has 0 aromatic heterocycles. The second-order valence-electron chi connectivity index (χ2n) is 6.25. The first kappa shape index (κ1) is 14.5. The average Bonchev–Trinajstić information content (AvgIpc) is 2.48. The molecule has 0 aromatic carbocycles. The minimum absolute atomic E-state index is 0.0108. The van der Waals surface area contributed by atoms with Gasteiger partial charge in [-0.25, -0.2) is 0 Å². The van der Waals surface area contributed by atoms with Crippen LogP contribution in [-0.4, -0.2) is 54.6 Å². The molecule has 4 nitrogen and oxygen atoms in total. The zero-order valence-corrected chi connectivity index (χ0v) is 12.1. The van der Waals surface area contributed by atoms with E-state index in [1.165, 1.54) is 0 Å². The summed E-state index contributed by atoms with van der Waals surface area (Å²) in [7, 11) is 4.12. The van der Waals surface area contributed by atoms with Crippen molar-refractivity contribution in [3.63, 3.8) is 0 Å². The lowest BCUT2D eigenvalue weighted by Gasteiger charge is -2.38. The highest BCUT2D eigenvalue weighted by molar-refractivity contribution is 5.80. The van der Waals surface area contributed by atoms with Crippen LogP contribution < -0.4 is 5.32 Å². The van der Waals surface area contributed by atoms with Crippen LogP contribution in [-0.2, 0) is 4.79 Å². The fourth-order valence-electron chi connectivity index (χ4n) is 2.00. The molecule has 1 heterocycles. The Morgan fingerprint density at radius 3 is 2.53 bits per heavy atom. The molecule has 1 aliphatic heterocycles. The average molecular weight is 241 g/mol. The maximum atomic E-state index is 11.9. The molecule has 1 fully saturated rings. The normalized spacial score (nSPS) is 22.0. The van der Waals surface area contributed by atoms with E-state index in [0.717, 1.165) is 13.0 Å². The maximum Gasteiger partial charge on any atom is 0.237 e. The molecule has 1 atom stereocenters. The van der Waals surface area contributed by atoms with E-state index >= 15 is 0 Å². The molecule has 100 valence electrons. The number of nitrogens with one attached hydrogen (secondary N) is 1. The summed E-state index contributed by atoms with van der Waals surface area (Å²) in [5.41, 5.74) is 0.0108. The van der Waals surface area contributed by atoms with Crippen molar-refractivity contribution in [2.45, 2.75) is 45.8 Å². The van der Waals surface area contributed by atoms with Crippen LogP contribution in [0.25, 0.3) is 0 Å². The zero-order valence-electron chi connectivity index (χ0n) is 12.1. The Morgan fingerprint density at radius 1 is 1.47 bits per heavy atom. The molecule has 1 aliphatic rings. The zero-order chi connectivity index (χ0) is 13.2. The van der Waals surface area contributed by atoms with Gasteiger partial charge in [-0.3, -0.25) is 10.1 Å². The van der Waals surface area contributed by atoms with Crippen molar-refractivity contribution in [3.8, 4) is 0 Å². The van der Waals surface area contributed by atoms with E-state index in [1.54, 1.807) is 0 Å². The van der Waals surface area contributed by atoms with Crippen LogP contribution in [0.15, 0.2) is 0 Å². The number of carbonyl (C=O) groups excluding carboxylic acids is 1. The second kappa shape index (κ2) is 5.36. The van der Waals surface area contributed by atoms with Gasteiger partial charge in [-0.05, 0) is 40.3 Å². The molecule has 0 spiro atoms. The predicted molar refractivity (Wildman–Crippen MR) is 70.7 cm³/mol. The highest BCUT2D eigenvalue weighted by Gasteiger charge is 2.35. The van der Waals surface area contributed by atoms with Crippen LogP contribution in [0.4, 0.5) is 0 Å². The van der Waals surface area contributed by atoms with E-state index in [4.69, 9.17) is 0 Å². The van der Waals surface area contributed by atoms with Gasteiger partial charge in [-0.2, -0.15) is 0 Å². The topological polar surface area (TPSA) is 35.6 Å². The third-order valence-corrected chi connectivity index (χ3v) is 3.65. The molecule has 0 radical (unpaired) electrons. The minimum atomic E-state index is 0.0108. The first-order chi connectivity index (χ1) is 7.74. The molecular weight excluding hydrogens is 214 g/mol. The molecule has 0 aliphatic carbocycles. The maximum absolute atomic E-state index is 11.9. The van der Waals surface area contributed by atoms with Crippen LogP contribution in [0.3, 0.4) is 0 Å². The smallest absolute Gasteiger partial charge is 0.237 e. The van der Waals surface area contributed by atoms with E-state index < -0.39 is 0 Å². The number of amides is 1. The Morgan fingerprint density at radius 2 is 2.06 bits per heavy atom. The Hall–Kier alpha value is -0.610. The van der Waals surface area contributed by atoms with Gasteiger partial charge < -0.3 is 9.80 Å². The van der Waals surface area contributed by atoms with Gasteiger partial charge in [0.15, 0.2) is 0 Å². The van der Waals surface area contributed by atoms with Crippen molar-refractivity contribution < 1.29 is 4.79 Å². The van der Waals surface area contributed by atoms with Crippen molar-refractivity contribution in [1.29, 1.82) is 0 Å². The largest absolute Gasteiger partial charge is 0.324 e. The highest BCUT2D eigenvalue weighted by atomic mass is 16.2. The standard InChI is InChI=1S/C13H27N3O/c1-10(2)7-11-14-8-12(17)16(11)9-13(3,4)15(5)6/h10-11,14H,7-9H2,1-6H3. The molecule has 1 rings (SSSR count). The number of hydrogen-bond acceptors (Lipinski definition) is 3. The molecule has 1 saturated heterocycles. The molecule has 17 heavy (non-hydrogen) atoms. The first-order valence-electron chi connectivity index (χ1n) is 6.44. The summed E-state index contributed by atoms with van der Waals surface area (Å²) in [5, 5.41) is 3.31. The van der Waals surface area contributed by atoms with Gasteiger partial charge in [0.25, 0.3) is 0 Å². The van der Waals surface area contributed by atoms with Gasteiger partial charge in [0.1, 0.15) is 0 Å². The van der Waals surface area contributed by atoms with E-state index in [9.17, 15) is 4.79 Å². The molecular formula is C13H27N3O. The molecule has 1 unspecified atom stereocenters. The number of nitrogens with zero attached hydrogens (tertiary/aromatic N) is 2. The van der Waals surface area contributed by atoms with Crippen LogP contribution in [0.5, 0.6) is 0 Å². The number of likely N-dealkylation sites (N-methyl/N-ethyl adjacent to an activating group) is 1. The second-order valence-corrected chi connectivity index (χ2v) is 6.25. The van der Waals surface area contributed by atoms with Crippen molar-refractivity contribution >= 4 is 5.91 Å². The van der Waals surface area contributed by atoms with Crippen molar-refractivity contribution in [1.82, 2.24) is 15.1 Å². The summed E-state index contributed by atoms with van der Waals surface area (Å²) in [5.74, 6) is 0.828. The summed E-state index contributed by atoms with van der Waals surface area (Å²) < 4.78 is 0. The number of rotatable bonds is 5. The molecule has 1 amide bonds. The van der Waals surface area contributed by atoms with Crippen LogP contribution in [0, 0.1) is 5.92 Å². The summed E-state index contributed by atoms with van der Waals surface area (Å²) in [6.07, 6.45) is 1.23. The van der Waals surface area contributed by atoms with Crippen molar-refractivity contribution in [3.05, 3.63) is 0 Å². The Balaban J connectivity index is 2.69. The minimum Gasteiger partial charge on any atom is -0.324 e. The highest BCUT2D eigenvalue weighted by Crippen LogP contribution is 2.19. The number of hydrogen-bond donors (Lipinski definition) is 1. The lowest BCUT2D eigenvalue weighted by Crippen LogP contribution is -2.52. The third kappa shape index (κ3) is 3.68. The lowest BCUT2D eigenvalue weighted by molar-refractivity contribution is -0.129. The third-order valence-electron chi connectivity index (χ3n) is 3.65. The van der Waals surface area contributed by atoms with Gasteiger partial charge in [0.05, 0.1) is 12.7 Å². The van der Waals surface area contributed by atoms with E-state index in [0.29, 0.717) is 12.5 Å². The predicted octanol–water partition coefficient (Wildman–Crippen LogP) is 1.13. The first-order valence-corrected chi connectivity index (χ1v) is 6.44. The lowest BCUT2D eigenvalue weighted by atomic mass is 10.0.